The Morgan fingerprint density at radius 2 is 1.86 bits per heavy atom. The first kappa shape index (κ1) is 14.6. The van der Waals surface area contributed by atoms with Crippen LogP contribution in [-0.4, -0.2) is 8.42 Å². The van der Waals surface area contributed by atoms with Crippen molar-refractivity contribution < 1.29 is 8.42 Å². The Hall–Kier alpha value is -2.29. The van der Waals surface area contributed by atoms with Crippen molar-refractivity contribution in [1.82, 2.24) is 0 Å². The largest absolute Gasteiger partial charge is 0.313 e. The van der Waals surface area contributed by atoms with E-state index in [-0.39, 0.29) is 9.80 Å². The minimum atomic E-state index is -3.80. The topological polar surface area (TPSA) is 61.2 Å². The number of nitriles is 1. The van der Waals surface area contributed by atoms with Crippen LogP contribution >= 0.6 is 11.6 Å². The third-order valence-electron chi connectivity index (χ3n) is 3.49. The van der Waals surface area contributed by atoms with Crippen molar-refractivity contribution in [3.05, 3.63) is 64.2 Å². The molecule has 6 heteroatoms. The predicted octanol–water partition coefficient (Wildman–Crippen LogP) is 3.94. The second kappa shape index (κ2) is 5.16. The molecule has 110 valence electrons. The molecule has 0 unspecified atom stereocenters. The van der Waals surface area contributed by atoms with Crippen LogP contribution in [0.15, 0.2) is 58.5 Å². The summed E-state index contributed by atoms with van der Waals surface area (Å²) in [5.74, 6) is 0. The van der Waals surface area contributed by atoms with Crippen LogP contribution in [0.5, 0.6) is 0 Å². The molecule has 3 rings (SSSR count). The van der Waals surface area contributed by atoms with Crippen molar-refractivity contribution in [2.45, 2.75) is 11.8 Å². The van der Waals surface area contributed by atoms with Crippen molar-refractivity contribution in [2.24, 2.45) is 0 Å². The highest BCUT2D eigenvalue weighted by Gasteiger charge is 2.32. The van der Waals surface area contributed by atoms with Gasteiger partial charge in [-0.05, 0) is 36.8 Å². The van der Waals surface area contributed by atoms with Gasteiger partial charge in [0, 0.05) is 16.9 Å². The quantitative estimate of drug-likeness (QED) is 0.794. The average Bonchev–Trinajstić information content (AvgIpc) is 2.48. The number of allylic oxidation sites excluding steroid dienone is 1. The van der Waals surface area contributed by atoms with Crippen LogP contribution in [0.4, 0.5) is 11.4 Å². The summed E-state index contributed by atoms with van der Waals surface area (Å²) >= 11 is 6.03. The van der Waals surface area contributed by atoms with Crippen LogP contribution in [0.3, 0.4) is 0 Å². The van der Waals surface area contributed by atoms with Crippen LogP contribution in [0.2, 0.25) is 5.02 Å². The first-order valence-electron chi connectivity index (χ1n) is 6.46. The maximum absolute atomic E-state index is 12.4. The van der Waals surface area contributed by atoms with Gasteiger partial charge in [-0.3, -0.25) is 0 Å². The van der Waals surface area contributed by atoms with Crippen LogP contribution in [0.1, 0.15) is 5.56 Å². The van der Waals surface area contributed by atoms with Gasteiger partial charge in [0.05, 0.1) is 10.6 Å². The van der Waals surface area contributed by atoms with Crippen LogP contribution in [-0.2, 0) is 9.84 Å². The zero-order chi connectivity index (χ0) is 15.9. The van der Waals surface area contributed by atoms with E-state index >= 15 is 0 Å². The van der Waals surface area contributed by atoms with Crippen molar-refractivity contribution in [3.63, 3.8) is 0 Å². The molecule has 0 aliphatic carbocycles. The van der Waals surface area contributed by atoms with Gasteiger partial charge in [-0.15, -0.1) is 0 Å². The van der Waals surface area contributed by atoms with Gasteiger partial charge in [0.1, 0.15) is 6.07 Å². The van der Waals surface area contributed by atoms with Gasteiger partial charge in [-0.2, -0.15) is 5.26 Å². The van der Waals surface area contributed by atoms with Crippen LogP contribution in [0.25, 0.3) is 0 Å². The summed E-state index contributed by atoms with van der Waals surface area (Å²) in [7, 11) is -3.80. The number of para-hydroxylation sites is 1. The van der Waals surface area contributed by atoms with E-state index in [2.05, 4.69) is 0 Å². The lowest BCUT2D eigenvalue weighted by molar-refractivity contribution is 0.602. The first-order valence-corrected chi connectivity index (χ1v) is 8.32. The number of rotatable bonds is 1. The second-order valence-electron chi connectivity index (χ2n) is 4.88. The van der Waals surface area contributed by atoms with E-state index in [9.17, 15) is 13.7 Å². The van der Waals surface area contributed by atoms with Gasteiger partial charge in [-0.1, -0.05) is 29.8 Å². The van der Waals surface area contributed by atoms with Crippen molar-refractivity contribution in [2.75, 3.05) is 4.90 Å². The lowest BCUT2D eigenvalue weighted by atomic mass is 10.1. The number of hydrogen-bond donors (Lipinski definition) is 0. The Bertz CT molecular complexity index is 943. The van der Waals surface area contributed by atoms with Gasteiger partial charge < -0.3 is 4.90 Å². The van der Waals surface area contributed by atoms with Gasteiger partial charge in [-0.25, -0.2) is 8.42 Å². The summed E-state index contributed by atoms with van der Waals surface area (Å²) in [6.45, 7) is 1.92. The molecule has 22 heavy (non-hydrogen) atoms. The van der Waals surface area contributed by atoms with Gasteiger partial charge in [0.25, 0.3) is 0 Å². The number of anilines is 2. The molecule has 0 aromatic heterocycles. The van der Waals surface area contributed by atoms with Crippen molar-refractivity contribution in [1.29, 1.82) is 5.26 Å². The molecule has 0 saturated heterocycles. The molecule has 0 radical (unpaired) electrons. The smallest absolute Gasteiger partial charge is 0.220 e. The summed E-state index contributed by atoms with van der Waals surface area (Å²) in [6, 6.07) is 13.8. The number of sulfone groups is 1. The standard InChI is InChI=1S/C16H11ClN2O2S/c1-11-4-2-3-5-14(11)19-10-13(9-18)22(20,21)16-7-6-12(17)8-15(16)19/h2-8,10H,1H3. The Morgan fingerprint density at radius 3 is 2.55 bits per heavy atom. The molecule has 1 heterocycles. The summed E-state index contributed by atoms with van der Waals surface area (Å²) < 4.78 is 24.9. The maximum Gasteiger partial charge on any atom is 0.220 e. The monoisotopic (exact) mass is 330 g/mol. The Balaban J connectivity index is 2.35. The zero-order valence-corrected chi connectivity index (χ0v) is 13.2. The highest BCUT2D eigenvalue weighted by atomic mass is 35.5. The Labute approximate surface area is 133 Å². The normalized spacial score (nSPS) is 15.7. The average molecular weight is 331 g/mol. The maximum atomic E-state index is 12.4. The fourth-order valence-corrected chi connectivity index (χ4v) is 3.85. The summed E-state index contributed by atoms with van der Waals surface area (Å²) in [6.07, 6.45) is 1.34. The number of benzene rings is 2. The molecule has 0 atom stereocenters. The minimum absolute atomic E-state index is 0.0826. The lowest BCUT2D eigenvalue weighted by Gasteiger charge is -2.28. The molecule has 2 aromatic rings. The number of halogens is 1. The Morgan fingerprint density at radius 1 is 1.14 bits per heavy atom. The van der Waals surface area contributed by atoms with Crippen molar-refractivity contribution >= 4 is 32.8 Å². The molecule has 1 aliphatic heterocycles. The summed E-state index contributed by atoms with van der Waals surface area (Å²) in [5.41, 5.74) is 2.20. The molecule has 0 amide bonds. The first-order chi connectivity index (χ1) is 10.4. The van der Waals surface area contributed by atoms with Crippen LogP contribution < -0.4 is 4.90 Å². The van der Waals surface area contributed by atoms with E-state index < -0.39 is 9.84 Å². The SMILES string of the molecule is Cc1ccccc1N1C=C(C#N)S(=O)(=O)c2ccc(Cl)cc21. The van der Waals surface area contributed by atoms with E-state index in [1.165, 1.54) is 18.3 Å². The molecule has 4 nitrogen and oxygen atoms in total. The van der Waals surface area contributed by atoms with E-state index in [1.54, 1.807) is 17.0 Å². The van der Waals surface area contributed by atoms with E-state index in [4.69, 9.17) is 11.6 Å². The highest BCUT2D eigenvalue weighted by Crippen LogP contribution is 2.41. The molecule has 2 aromatic carbocycles. The van der Waals surface area contributed by atoms with Crippen LogP contribution in [0, 0.1) is 18.3 Å². The molecular formula is C16H11ClN2O2S. The second-order valence-corrected chi connectivity index (χ2v) is 7.20. The van der Waals surface area contributed by atoms with Crippen molar-refractivity contribution in [3.8, 4) is 6.07 Å². The van der Waals surface area contributed by atoms with E-state index in [1.807, 2.05) is 31.2 Å². The fourth-order valence-electron chi connectivity index (χ4n) is 2.40. The number of aryl methyl sites for hydroxylation is 1. The lowest BCUT2D eigenvalue weighted by Crippen LogP contribution is -2.21. The molecule has 0 spiro atoms. The third-order valence-corrected chi connectivity index (χ3v) is 5.43. The number of fused-ring (bicyclic) bond motifs is 1. The highest BCUT2D eigenvalue weighted by molar-refractivity contribution is 7.95. The Kier molecular flexibility index (Phi) is 3.44. The van der Waals surface area contributed by atoms with Gasteiger partial charge in [0.2, 0.25) is 9.84 Å². The van der Waals surface area contributed by atoms with Gasteiger partial charge >= 0.3 is 0 Å². The number of nitrogens with zero attached hydrogens (tertiary/aromatic N) is 2. The molecule has 0 bridgehead atoms. The zero-order valence-electron chi connectivity index (χ0n) is 11.6. The molecule has 1 aliphatic rings. The predicted molar refractivity (Wildman–Crippen MR) is 85.7 cm³/mol. The fraction of sp³-hybridized carbons (Fsp3) is 0.0625. The van der Waals surface area contributed by atoms with Gasteiger partial charge in [0.15, 0.2) is 4.91 Å². The molecular weight excluding hydrogens is 320 g/mol. The summed E-state index contributed by atoms with van der Waals surface area (Å²) in [5, 5.41) is 9.62. The van der Waals surface area contributed by atoms with E-state index in [0.717, 1.165) is 11.3 Å². The minimum Gasteiger partial charge on any atom is -0.313 e. The molecule has 0 saturated carbocycles. The number of hydrogen-bond acceptors (Lipinski definition) is 4. The summed E-state index contributed by atoms with van der Waals surface area (Å²) in [4.78, 5) is 1.49. The third kappa shape index (κ3) is 2.17. The molecule has 0 N–H and O–H groups in total. The molecule has 0 fully saturated rings. The van der Waals surface area contributed by atoms with E-state index in [0.29, 0.717) is 10.7 Å².